The Hall–Kier alpha value is -2.35. The van der Waals surface area contributed by atoms with Crippen LogP contribution in [0, 0.1) is 0 Å². The van der Waals surface area contributed by atoms with E-state index in [1.165, 1.54) is 11.0 Å². The fourth-order valence-corrected chi connectivity index (χ4v) is 2.05. The maximum Gasteiger partial charge on any atom is 0.257 e. The first-order valence-corrected chi connectivity index (χ1v) is 6.12. The maximum atomic E-state index is 4.37. The van der Waals surface area contributed by atoms with Crippen molar-refractivity contribution in [2.75, 3.05) is 12.4 Å². The molecule has 7 nitrogen and oxygen atoms in total. The standard InChI is InChI=1S/C10H9N7S/c1-11-9-14-8(7-2-3-18-4-7)15-10(16-9)17-6-12-5-13-17/h2-6H,1H3,(H,11,14,15,16). The molecule has 0 bridgehead atoms. The van der Waals surface area contributed by atoms with Gasteiger partial charge < -0.3 is 5.32 Å². The fourth-order valence-electron chi connectivity index (χ4n) is 1.41. The second-order valence-corrected chi connectivity index (χ2v) is 4.16. The first kappa shape index (κ1) is 10.8. The lowest BCUT2D eigenvalue weighted by atomic mass is 10.3. The SMILES string of the molecule is CNc1nc(-c2ccsc2)nc(-n2cncn2)n1. The van der Waals surface area contributed by atoms with Crippen LogP contribution in [0.3, 0.4) is 0 Å². The largest absolute Gasteiger partial charge is 0.357 e. The van der Waals surface area contributed by atoms with E-state index >= 15 is 0 Å². The lowest BCUT2D eigenvalue weighted by molar-refractivity contribution is 0.798. The Balaban J connectivity index is 2.13. The molecule has 0 aromatic carbocycles. The summed E-state index contributed by atoms with van der Waals surface area (Å²) in [6, 6.07) is 1.96. The number of anilines is 1. The second kappa shape index (κ2) is 4.49. The molecule has 0 saturated carbocycles. The Labute approximate surface area is 107 Å². The molecule has 18 heavy (non-hydrogen) atoms. The van der Waals surface area contributed by atoms with Gasteiger partial charge in [-0.3, -0.25) is 0 Å². The van der Waals surface area contributed by atoms with E-state index in [-0.39, 0.29) is 0 Å². The average Bonchev–Trinajstić information content (AvgIpc) is 3.10. The van der Waals surface area contributed by atoms with Crippen molar-refractivity contribution < 1.29 is 0 Å². The highest BCUT2D eigenvalue weighted by molar-refractivity contribution is 7.08. The zero-order chi connectivity index (χ0) is 12.4. The van der Waals surface area contributed by atoms with Gasteiger partial charge >= 0.3 is 0 Å². The molecule has 0 fully saturated rings. The molecule has 90 valence electrons. The minimum Gasteiger partial charge on any atom is -0.357 e. The van der Waals surface area contributed by atoms with Crippen molar-refractivity contribution in [2.45, 2.75) is 0 Å². The van der Waals surface area contributed by atoms with Crippen LogP contribution in [0.5, 0.6) is 0 Å². The van der Waals surface area contributed by atoms with E-state index in [0.717, 1.165) is 5.56 Å². The summed E-state index contributed by atoms with van der Waals surface area (Å²) in [5.41, 5.74) is 0.959. The summed E-state index contributed by atoms with van der Waals surface area (Å²) in [6.07, 6.45) is 2.99. The molecule has 0 aliphatic carbocycles. The summed E-state index contributed by atoms with van der Waals surface area (Å²) in [7, 11) is 1.76. The number of thiophene rings is 1. The normalized spacial score (nSPS) is 10.5. The number of aromatic nitrogens is 6. The van der Waals surface area contributed by atoms with Crippen LogP contribution in [0.4, 0.5) is 5.95 Å². The number of hydrogen-bond donors (Lipinski definition) is 1. The molecule has 0 amide bonds. The molecule has 0 saturated heterocycles. The topological polar surface area (TPSA) is 81.4 Å². The van der Waals surface area contributed by atoms with E-state index in [1.807, 2.05) is 16.8 Å². The minimum absolute atomic E-state index is 0.438. The van der Waals surface area contributed by atoms with Crippen LogP contribution in [0.25, 0.3) is 17.3 Å². The molecule has 3 rings (SSSR count). The minimum atomic E-state index is 0.438. The van der Waals surface area contributed by atoms with Crippen molar-refractivity contribution in [3.8, 4) is 17.3 Å². The Kier molecular flexibility index (Phi) is 2.69. The molecular weight excluding hydrogens is 250 g/mol. The van der Waals surface area contributed by atoms with Crippen LogP contribution < -0.4 is 5.32 Å². The van der Waals surface area contributed by atoms with Gasteiger partial charge in [0.15, 0.2) is 5.82 Å². The van der Waals surface area contributed by atoms with Crippen molar-refractivity contribution in [2.24, 2.45) is 0 Å². The third kappa shape index (κ3) is 1.93. The van der Waals surface area contributed by atoms with Crippen molar-refractivity contribution in [1.29, 1.82) is 0 Å². The van der Waals surface area contributed by atoms with Crippen molar-refractivity contribution in [3.05, 3.63) is 29.5 Å². The highest BCUT2D eigenvalue weighted by atomic mass is 32.1. The van der Waals surface area contributed by atoms with E-state index in [4.69, 9.17) is 0 Å². The first-order chi connectivity index (χ1) is 8.86. The lowest BCUT2D eigenvalue weighted by Crippen LogP contribution is -2.08. The van der Waals surface area contributed by atoms with Gasteiger partial charge in [-0.2, -0.15) is 36.1 Å². The molecule has 0 aliphatic heterocycles. The summed E-state index contributed by atoms with van der Waals surface area (Å²) in [4.78, 5) is 16.8. The maximum absolute atomic E-state index is 4.37. The smallest absolute Gasteiger partial charge is 0.257 e. The third-order valence-corrected chi connectivity index (χ3v) is 2.93. The molecule has 0 radical (unpaired) electrons. The predicted molar refractivity (Wildman–Crippen MR) is 67.6 cm³/mol. The first-order valence-electron chi connectivity index (χ1n) is 5.18. The van der Waals surface area contributed by atoms with Gasteiger partial charge in [0, 0.05) is 18.0 Å². The van der Waals surface area contributed by atoms with Gasteiger partial charge in [0.05, 0.1) is 0 Å². The van der Waals surface area contributed by atoms with Gasteiger partial charge in [0.1, 0.15) is 12.7 Å². The molecule has 0 aliphatic rings. The predicted octanol–water partition coefficient (Wildman–Crippen LogP) is 1.22. The number of nitrogens with zero attached hydrogens (tertiary/aromatic N) is 6. The Bertz CT molecular complexity index is 580. The fraction of sp³-hybridized carbons (Fsp3) is 0.100. The molecule has 3 aromatic rings. The van der Waals surface area contributed by atoms with Crippen LogP contribution >= 0.6 is 11.3 Å². The zero-order valence-electron chi connectivity index (χ0n) is 9.48. The van der Waals surface area contributed by atoms with Crippen molar-refractivity contribution >= 4 is 17.3 Å². The summed E-state index contributed by atoms with van der Waals surface area (Å²) in [6.45, 7) is 0. The van der Waals surface area contributed by atoms with Gasteiger partial charge in [-0.25, -0.2) is 4.98 Å². The molecule has 1 N–H and O–H groups in total. The van der Waals surface area contributed by atoms with E-state index < -0.39 is 0 Å². The number of hydrogen-bond acceptors (Lipinski definition) is 7. The van der Waals surface area contributed by atoms with Crippen molar-refractivity contribution in [1.82, 2.24) is 29.7 Å². The van der Waals surface area contributed by atoms with Crippen LogP contribution in [-0.4, -0.2) is 36.8 Å². The summed E-state index contributed by atoms with van der Waals surface area (Å²) < 4.78 is 1.50. The lowest BCUT2D eigenvalue weighted by Gasteiger charge is -2.04. The highest BCUT2D eigenvalue weighted by Crippen LogP contribution is 2.19. The van der Waals surface area contributed by atoms with Gasteiger partial charge in [0.25, 0.3) is 5.95 Å². The van der Waals surface area contributed by atoms with Gasteiger partial charge in [-0.15, -0.1) is 0 Å². The summed E-state index contributed by atoms with van der Waals surface area (Å²) in [5.74, 6) is 1.55. The molecule has 8 heteroatoms. The quantitative estimate of drug-likeness (QED) is 0.761. The van der Waals surface area contributed by atoms with Crippen LogP contribution in [0.1, 0.15) is 0 Å². The summed E-state index contributed by atoms with van der Waals surface area (Å²) >= 11 is 1.60. The summed E-state index contributed by atoms with van der Waals surface area (Å²) in [5, 5.41) is 10.9. The van der Waals surface area contributed by atoms with Crippen LogP contribution in [0.15, 0.2) is 29.5 Å². The van der Waals surface area contributed by atoms with Gasteiger partial charge in [0.2, 0.25) is 5.95 Å². The number of nitrogens with one attached hydrogen (secondary N) is 1. The molecule has 3 heterocycles. The van der Waals surface area contributed by atoms with E-state index in [0.29, 0.717) is 17.7 Å². The monoisotopic (exact) mass is 259 g/mol. The molecular formula is C10H9N7S. The molecule has 0 atom stereocenters. The van der Waals surface area contributed by atoms with E-state index in [1.54, 1.807) is 24.7 Å². The third-order valence-electron chi connectivity index (χ3n) is 2.25. The zero-order valence-corrected chi connectivity index (χ0v) is 10.3. The molecule has 0 unspecified atom stereocenters. The Morgan fingerprint density at radius 3 is 2.89 bits per heavy atom. The number of rotatable bonds is 3. The van der Waals surface area contributed by atoms with Crippen molar-refractivity contribution in [3.63, 3.8) is 0 Å². The Morgan fingerprint density at radius 2 is 2.22 bits per heavy atom. The molecule has 0 spiro atoms. The van der Waals surface area contributed by atoms with Gasteiger partial charge in [-0.1, -0.05) is 0 Å². The highest BCUT2D eigenvalue weighted by Gasteiger charge is 2.09. The van der Waals surface area contributed by atoms with E-state index in [9.17, 15) is 0 Å². The van der Waals surface area contributed by atoms with Gasteiger partial charge in [-0.05, 0) is 11.4 Å². The average molecular weight is 259 g/mol. The van der Waals surface area contributed by atoms with Crippen LogP contribution in [-0.2, 0) is 0 Å². The van der Waals surface area contributed by atoms with Crippen LogP contribution in [0.2, 0.25) is 0 Å². The Morgan fingerprint density at radius 1 is 1.28 bits per heavy atom. The molecule has 3 aromatic heterocycles. The van der Waals surface area contributed by atoms with E-state index in [2.05, 4.69) is 30.4 Å². The second-order valence-electron chi connectivity index (χ2n) is 3.38.